The number of nitrogens with zero attached hydrogens (tertiary/aromatic N) is 3. The lowest BCUT2D eigenvalue weighted by atomic mass is 10.1. The fraction of sp³-hybridized carbons (Fsp3) is 0.0714. The minimum atomic E-state index is -3.82. The molecule has 0 aliphatic rings. The zero-order valence-electron chi connectivity index (χ0n) is 12.0. The zero-order chi connectivity index (χ0) is 17.2. The molecule has 0 amide bonds. The van der Waals surface area contributed by atoms with Gasteiger partial charge in [0.1, 0.15) is 0 Å². The Morgan fingerprint density at radius 2 is 1.92 bits per heavy atom. The summed E-state index contributed by atoms with van der Waals surface area (Å²) in [6.45, 7) is 0. The van der Waals surface area contributed by atoms with E-state index in [0.29, 0.717) is 0 Å². The Balaban J connectivity index is 1.79. The highest BCUT2D eigenvalue weighted by Gasteiger charge is 2.25. The topological polar surface area (TPSA) is 136 Å². The molecule has 0 aliphatic carbocycles. The van der Waals surface area contributed by atoms with E-state index in [2.05, 4.69) is 20.6 Å². The number of sulfone groups is 1. The molecule has 122 valence electrons. The van der Waals surface area contributed by atoms with Crippen molar-refractivity contribution < 1.29 is 22.4 Å². The van der Waals surface area contributed by atoms with E-state index >= 15 is 0 Å². The predicted octanol–water partition coefficient (Wildman–Crippen LogP) is 0.620. The maximum absolute atomic E-state index is 12.4. The Morgan fingerprint density at radius 3 is 2.58 bits per heavy atom. The van der Waals surface area contributed by atoms with Crippen LogP contribution in [0.2, 0.25) is 0 Å². The van der Waals surface area contributed by atoms with Gasteiger partial charge in [-0.2, -0.15) is 5.21 Å². The standard InChI is InChI=1S/C14H10N4O5S/c19-11(13(20)14-15-17-18-16-14)6-9-7-12(23-8-9)24(21,22)10-4-2-1-3-5-10/h1-5,7-8H,6H2,(H,15,16,17,18). The summed E-state index contributed by atoms with van der Waals surface area (Å²) in [4.78, 5) is 23.7. The molecular formula is C14H10N4O5S. The molecule has 0 atom stereocenters. The van der Waals surface area contributed by atoms with Gasteiger partial charge in [0.2, 0.25) is 26.5 Å². The number of benzene rings is 1. The first-order valence-corrected chi connectivity index (χ1v) is 8.15. The van der Waals surface area contributed by atoms with Crippen LogP contribution in [0.5, 0.6) is 0 Å². The third-order valence-electron chi connectivity index (χ3n) is 3.11. The average molecular weight is 346 g/mol. The number of H-pyrrole nitrogens is 1. The molecule has 0 saturated heterocycles. The van der Waals surface area contributed by atoms with Gasteiger partial charge < -0.3 is 4.42 Å². The Hall–Kier alpha value is -3.14. The van der Waals surface area contributed by atoms with Crippen LogP contribution in [-0.2, 0) is 21.1 Å². The van der Waals surface area contributed by atoms with E-state index in [1.54, 1.807) is 18.2 Å². The SMILES string of the molecule is O=C(Cc1coc(S(=O)(=O)c2ccccc2)c1)C(=O)c1nn[nH]n1. The van der Waals surface area contributed by atoms with E-state index in [4.69, 9.17) is 4.42 Å². The molecule has 1 aromatic carbocycles. The molecule has 9 nitrogen and oxygen atoms in total. The second-order valence-electron chi connectivity index (χ2n) is 4.75. The maximum Gasteiger partial charge on any atom is 0.269 e. The van der Waals surface area contributed by atoms with Crippen molar-refractivity contribution in [2.75, 3.05) is 0 Å². The minimum absolute atomic E-state index is 0.0695. The molecule has 0 fully saturated rings. The fourth-order valence-electron chi connectivity index (χ4n) is 1.95. The summed E-state index contributed by atoms with van der Waals surface area (Å²) in [6, 6.07) is 8.94. The monoisotopic (exact) mass is 346 g/mol. The number of hydrogen-bond donors (Lipinski definition) is 1. The summed E-state index contributed by atoms with van der Waals surface area (Å²) < 4.78 is 29.8. The van der Waals surface area contributed by atoms with Crippen molar-refractivity contribution >= 4 is 21.4 Å². The Morgan fingerprint density at radius 1 is 1.17 bits per heavy atom. The van der Waals surface area contributed by atoms with E-state index < -0.39 is 21.4 Å². The van der Waals surface area contributed by atoms with Crippen LogP contribution < -0.4 is 0 Å². The van der Waals surface area contributed by atoms with Crippen LogP contribution in [0, 0.1) is 0 Å². The summed E-state index contributed by atoms with van der Waals surface area (Å²) in [5.74, 6) is -2.07. The van der Waals surface area contributed by atoms with Crippen molar-refractivity contribution in [2.45, 2.75) is 16.4 Å². The largest absolute Gasteiger partial charge is 0.452 e. The van der Waals surface area contributed by atoms with Crippen LogP contribution in [0.25, 0.3) is 0 Å². The first kappa shape index (κ1) is 15.7. The van der Waals surface area contributed by atoms with E-state index in [0.717, 1.165) is 6.26 Å². The van der Waals surface area contributed by atoms with Gasteiger partial charge >= 0.3 is 0 Å². The number of aromatic amines is 1. The molecule has 0 unspecified atom stereocenters. The summed E-state index contributed by atoms with van der Waals surface area (Å²) >= 11 is 0. The molecule has 0 radical (unpaired) electrons. The number of carbonyl (C=O) groups excluding carboxylic acids is 2. The number of hydrogen-bond acceptors (Lipinski definition) is 8. The highest BCUT2D eigenvalue weighted by Crippen LogP contribution is 2.23. The van der Waals surface area contributed by atoms with E-state index in [1.165, 1.54) is 18.2 Å². The zero-order valence-corrected chi connectivity index (χ0v) is 12.9. The number of Topliss-reactive ketones (excluding diaryl/α,β-unsaturated/α-hetero) is 2. The lowest BCUT2D eigenvalue weighted by Gasteiger charge is -1.99. The molecule has 1 N–H and O–H groups in total. The van der Waals surface area contributed by atoms with Gasteiger partial charge in [0, 0.05) is 6.42 Å². The number of furan rings is 1. The molecule has 0 bridgehead atoms. The van der Waals surface area contributed by atoms with E-state index in [9.17, 15) is 18.0 Å². The number of aromatic nitrogens is 4. The van der Waals surface area contributed by atoms with Crippen LogP contribution >= 0.6 is 0 Å². The Bertz CT molecular complexity index is 977. The van der Waals surface area contributed by atoms with Crippen LogP contribution in [-0.4, -0.2) is 40.6 Å². The van der Waals surface area contributed by atoms with Gasteiger partial charge in [-0.15, -0.1) is 10.2 Å². The summed E-state index contributed by atoms with van der Waals surface area (Å²) in [5, 5.41) is 11.8. The van der Waals surface area contributed by atoms with Crippen LogP contribution in [0.1, 0.15) is 16.2 Å². The maximum atomic E-state index is 12.4. The van der Waals surface area contributed by atoms with Crippen LogP contribution in [0.15, 0.2) is 57.1 Å². The molecular weight excluding hydrogens is 336 g/mol. The molecule has 3 aromatic rings. The van der Waals surface area contributed by atoms with Crippen LogP contribution in [0.4, 0.5) is 0 Å². The van der Waals surface area contributed by atoms with Gasteiger partial charge in [-0.05, 0) is 29.0 Å². The summed E-state index contributed by atoms with van der Waals surface area (Å²) in [6.07, 6.45) is 0.790. The highest BCUT2D eigenvalue weighted by molar-refractivity contribution is 7.91. The number of ketones is 2. The third-order valence-corrected chi connectivity index (χ3v) is 4.75. The van der Waals surface area contributed by atoms with Crippen molar-refractivity contribution in [1.82, 2.24) is 20.6 Å². The molecule has 2 heterocycles. The number of carbonyl (C=O) groups is 2. The van der Waals surface area contributed by atoms with Crippen LogP contribution in [0.3, 0.4) is 0 Å². The minimum Gasteiger partial charge on any atom is -0.452 e. The normalized spacial score (nSPS) is 11.3. The van der Waals surface area contributed by atoms with E-state index in [-0.39, 0.29) is 27.8 Å². The molecule has 2 aromatic heterocycles. The Labute approximate surface area is 135 Å². The third kappa shape index (κ3) is 2.99. The molecule has 10 heteroatoms. The van der Waals surface area contributed by atoms with E-state index in [1.807, 2.05) is 0 Å². The second-order valence-corrected chi connectivity index (χ2v) is 6.64. The van der Waals surface area contributed by atoms with Gasteiger partial charge in [0.05, 0.1) is 11.2 Å². The molecule has 24 heavy (non-hydrogen) atoms. The van der Waals surface area contributed by atoms with Gasteiger partial charge in [-0.1, -0.05) is 18.2 Å². The average Bonchev–Trinajstić information content (AvgIpc) is 3.27. The summed E-state index contributed by atoms with van der Waals surface area (Å²) in [5.41, 5.74) is 0.256. The number of tetrazole rings is 1. The molecule has 3 rings (SSSR count). The first-order valence-electron chi connectivity index (χ1n) is 6.67. The number of rotatable bonds is 6. The molecule has 0 saturated carbocycles. The first-order chi connectivity index (χ1) is 11.5. The quantitative estimate of drug-likeness (QED) is 0.507. The lowest BCUT2D eigenvalue weighted by Crippen LogP contribution is -2.18. The Kier molecular flexibility index (Phi) is 4.04. The van der Waals surface area contributed by atoms with Crippen molar-refractivity contribution in [1.29, 1.82) is 0 Å². The van der Waals surface area contributed by atoms with Gasteiger partial charge in [-0.25, -0.2) is 8.42 Å². The fourth-order valence-corrected chi connectivity index (χ4v) is 3.18. The number of nitrogens with one attached hydrogen (secondary N) is 1. The van der Waals surface area contributed by atoms with Crippen molar-refractivity contribution in [3.63, 3.8) is 0 Å². The van der Waals surface area contributed by atoms with Gasteiger partial charge in [0.15, 0.2) is 0 Å². The van der Waals surface area contributed by atoms with Crippen molar-refractivity contribution in [2.24, 2.45) is 0 Å². The second kappa shape index (κ2) is 6.16. The lowest BCUT2D eigenvalue weighted by molar-refractivity contribution is -0.114. The van der Waals surface area contributed by atoms with Crippen molar-refractivity contribution in [3.05, 3.63) is 54.0 Å². The van der Waals surface area contributed by atoms with Gasteiger partial charge in [0.25, 0.3) is 5.78 Å². The van der Waals surface area contributed by atoms with Crippen molar-refractivity contribution in [3.8, 4) is 0 Å². The predicted molar refractivity (Wildman–Crippen MR) is 77.8 cm³/mol. The summed E-state index contributed by atoms with van der Waals surface area (Å²) in [7, 11) is -3.82. The van der Waals surface area contributed by atoms with Gasteiger partial charge in [-0.3, -0.25) is 9.59 Å². The molecule has 0 aliphatic heterocycles. The molecule has 0 spiro atoms. The smallest absolute Gasteiger partial charge is 0.269 e. The highest BCUT2D eigenvalue weighted by atomic mass is 32.2.